The first-order chi connectivity index (χ1) is 15.5. The van der Waals surface area contributed by atoms with E-state index in [2.05, 4.69) is 5.32 Å². The number of phenols is 1. The van der Waals surface area contributed by atoms with Gasteiger partial charge in [0.15, 0.2) is 11.6 Å². The van der Waals surface area contributed by atoms with Gasteiger partial charge in [-0.15, -0.1) is 0 Å². The normalized spacial score (nSPS) is 20.3. The van der Waals surface area contributed by atoms with Crippen molar-refractivity contribution in [1.82, 2.24) is 10.2 Å². The van der Waals surface area contributed by atoms with E-state index in [0.717, 1.165) is 43.7 Å². The number of ether oxygens (including phenoxy) is 2. The molecule has 1 saturated carbocycles. The summed E-state index contributed by atoms with van der Waals surface area (Å²) in [6, 6.07) is 10.7. The topological polar surface area (TPSA) is 71.0 Å². The van der Waals surface area contributed by atoms with Crippen LogP contribution in [0, 0.1) is 17.7 Å². The van der Waals surface area contributed by atoms with E-state index in [1.165, 1.54) is 6.07 Å². The predicted molar refractivity (Wildman–Crippen MR) is 120 cm³/mol. The highest BCUT2D eigenvalue weighted by molar-refractivity contribution is 5.99. The number of amides is 1. The smallest absolute Gasteiger partial charge is 0.257 e. The van der Waals surface area contributed by atoms with Crippen LogP contribution in [0.1, 0.15) is 41.6 Å². The molecule has 1 amide bonds. The first-order valence-electron chi connectivity index (χ1n) is 11.3. The van der Waals surface area contributed by atoms with Gasteiger partial charge in [-0.2, -0.15) is 0 Å². The zero-order chi connectivity index (χ0) is 22.5. The first kappa shape index (κ1) is 22.4. The molecule has 2 N–H and O–H groups in total. The lowest BCUT2D eigenvalue weighted by Crippen LogP contribution is -2.32. The summed E-state index contributed by atoms with van der Waals surface area (Å²) in [4.78, 5) is 14.3. The number of carbonyl (C=O) groups is 1. The van der Waals surface area contributed by atoms with Crippen LogP contribution < -0.4 is 14.8 Å². The van der Waals surface area contributed by atoms with Crippen molar-refractivity contribution >= 4 is 5.91 Å². The maximum atomic E-state index is 14.2. The van der Waals surface area contributed by atoms with Crippen LogP contribution in [0.15, 0.2) is 36.4 Å². The largest absolute Gasteiger partial charge is 0.505 e. The molecule has 0 spiro atoms. The number of likely N-dealkylation sites (N-methyl/N-ethyl adjacent to an activating group) is 1. The van der Waals surface area contributed by atoms with Gasteiger partial charge < -0.3 is 24.8 Å². The first-order valence-corrected chi connectivity index (χ1v) is 11.3. The average Bonchev–Trinajstić information content (AvgIpc) is 3.12. The zero-order valence-corrected chi connectivity index (χ0v) is 18.5. The van der Waals surface area contributed by atoms with Gasteiger partial charge in [0.05, 0.1) is 12.2 Å². The second kappa shape index (κ2) is 10.2. The quantitative estimate of drug-likeness (QED) is 0.575. The molecule has 2 aliphatic rings. The Labute approximate surface area is 188 Å². The molecule has 1 aliphatic carbocycles. The molecule has 0 atom stereocenters. The average molecular weight is 443 g/mol. The Morgan fingerprint density at radius 1 is 1.09 bits per heavy atom. The molecule has 32 heavy (non-hydrogen) atoms. The van der Waals surface area contributed by atoms with Crippen molar-refractivity contribution in [2.75, 3.05) is 33.4 Å². The van der Waals surface area contributed by atoms with Crippen LogP contribution in [-0.4, -0.2) is 49.3 Å². The van der Waals surface area contributed by atoms with Crippen molar-refractivity contribution in [2.24, 2.45) is 11.8 Å². The number of halogens is 1. The summed E-state index contributed by atoms with van der Waals surface area (Å²) < 4.78 is 25.9. The fraction of sp³-hybridized carbons (Fsp3) is 0.480. The number of aromatic hydroxyl groups is 1. The molecule has 7 heteroatoms. The van der Waals surface area contributed by atoms with Crippen LogP contribution in [0.25, 0.3) is 0 Å². The number of nitrogens with zero attached hydrogens (tertiary/aromatic N) is 1. The van der Waals surface area contributed by atoms with E-state index in [0.29, 0.717) is 43.7 Å². The molecule has 2 aromatic rings. The Hall–Kier alpha value is -2.80. The van der Waals surface area contributed by atoms with E-state index in [1.807, 2.05) is 31.3 Å². The van der Waals surface area contributed by atoms with Crippen LogP contribution in [0.5, 0.6) is 17.2 Å². The molecule has 172 valence electrons. The molecule has 4 rings (SSSR count). The summed E-state index contributed by atoms with van der Waals surface area (Å²) in [6.07, 6.45) is 4.14. The molecule has 6 nitrogen and oxygen atoms in total. The minimum absolute atomic E-state index is 0.0317. The fourth-order valence-electron chi connectivity index (χ4n) is 4.58. The van der Waals surface area contributed by atoms with Gasteiger partial charge in [-0.25, -0.2) is 4.39 Å². The molecule has 0 unspecified atom stereocenters. The van der Waals surface area contributed by atoms with Crippen molar-refractivity contribution < 1.29 is 23.8 Å². The zero-order valence-electron chi connectivity index (χ0n) is 18.5. The number of hydrogen-bond acceptors (Lipinski definition) is 5. The third-order valence-corrected chi connectivity index (χ3v) is 6.43. The molecule has 0 bridgehead atoms. The molecule has 1 heterocycles. The highest BCUT2D eigenvalue weighted by atomic mass is 19.1. The van der Waals surface area contributed by atoms with Gasteiger partial charge >= 0.3 is 0 Å². The van der Waals surface area contributed by atoms with Crippen molar-refractivity contribution in [1.29, 1.82) is 0 Å². The van der Waals surface area contributed by atoms with Gasteiger partial charge in [-0.05, 0) is 68.3 Å². The minimum atomic E-state index is -0.799. The standard InChI is InChI=1S/C25H31FN2O4/c1-27-11-12-31-20-3-2-4-21(13-20)32-16-18-7-5-17(6-8-18)14-28-15-19-9-10-22(29)24(26)23(19)25(28)30/h2-4,9-10,13,17-18,27,29H,5-8,11-12,14-16H2,1H3. The number of nitrogens with one attached hydrogen (secondary N) is 1. The van der Waals surface area contributed by atoms with Crippen LogP contribution >= 0.6 is 0 Å². The molecular formula is C25H31FN2O4. The fourth-order valence-corrected chi connectivity index (χ4v) is 4.58. The summed E-state index contributed by atoms with van der Waals surface area (Å²) in [7, 11) is 1.89. The van der Waals surface area contributed by atoms with Gasteiger partial charge in [-0.1, -0.05) is 12.1 Å². The molecule has 2 aromatic carbocycles. The highest BCUT2D eigenvalue weighted by Crippen LogP contribution is 2.34. The number of benzene rings is 2. The van der Waals surface area contributed by atoms with Gasteiger partial charge in [-0.3, -0.25) is 4.79 Å². The Bertz CT molecular complexity index is 944. The Morgan fingerprint density at radius 2 is 1.81 bits per heavy atom. The third-order valence-electron chi connectivity index (χ3n) is 6.43. The summed E-state index contributed by atoms with van der Waals surface area (Å²) in [5, 5.41) is 12.6. The minimum Gasteiger partial charge on any atom is -0.505 e. The molecule has 1 fully saturated rings. The summed E-state index contributed by atoms with van der Waals surface area (Å²) >= 11 is 0. The second-order valence-electron chi connectivity index (χ2n) is 8.74. The number of hydrogen-bond donors (Lipinski definition) is 2. The van der Waals surface area contributed by atoms with Gasteiger partial charge in [0, 0.05) is 25.7 Å². The lowest BCUT2D eigenvalue weighted by Gasteiger charge is -2.31. The van der Waals surface area contributed by atoms with E-state index >= 15 is 0 Å². The number of fused-ring (bicyclic) bond motifs is 1. The molecule has 1 aliphatic heterocycles. The van der Waals surface area contributed by atoms with Crippen molar-refractivity contribution in [2.45, 2.75) is 32.2 Å². The van der Waals surface area contributed by atoms with Gasteiger partial charge in [0.25, 0.3) is 5.91 Å². The Morgan fingerprint density at radius 3 is 2.56 bits per heavy atom. The second-order valence-corrected chi connectivity index (χ2v) is 8.74. The van der Waals surface area contributed by atoms with Crippen LogP contribution in [-0.2, 0) is 6.54 Å². The number of rotatable bonds is 9. The SMILES string of the molecule is CNCCOc1cccc(OCC2CCC(CN3Cc4ccc(O)c(F)c4C3=O)CC2)c1. The van der Waals surface area contributed by atoms with E-state index < -0.39 is 11.6 Å². The molecule has 0 saturated heterocycles. The number of phenolic OH excluding ortho intramolecular Hbond substituents is 1. The van der Waals surface area contributed by atoms with Crippen LogP contribution in [0.4, 0.5) is 4.39 Å². The van der Waals surface area contributed by atoms with Crippen LogP contribution in [0.3, 0.4) is 0 Å². The summed E-state index contributed by atoms with van der Waals surface area (Å²) in [5.41, 5.74) is 0.689. The van der Waals surface area contributed by atoms with Gasteiger partial charge in [0.2, 0.25) is 0 Å². The van der Waals surface area contributed by atoms with Gasteiger partial charge in [0.1, 0.15) is 18.1 Å². The predicted octanol–water partition coefficient (Wildman–Crippen LogP) is 3.97. The Balaban J connectivity index is 1.22. The highest BCUT2D eigenvalue weighted by Gasteiger charge is 2.34. The van der Waals surface area contributed by atoms with E-state index in [4.69, 9.17) is 9.47 Å². The molecular weight excluding hydrogens is 411 g/mol. The maximum absolute atomic E-state index is 14.2. The van der Waals surface area contributed by atoms with Crippen molar-refractivity contribution in [3.05, 3.63) is 53.3 Å². The maximum Gasteiger partial charge on any atom is 0.257 e. The Kier molecular flexibility index (Phi) is 7.15. The molecule has 0 radical (unpaired) electrons. The summed E-state index contributed by atoms with van der Waals surface area (Å²) in [5.74, 6) is 0.950. The summed E-state index contributed by atoms with van der Waals surface area (Å²) in [6.45, 7) is 3.13. The molecule has 0 aromatic heterocycles. The lowest BCUT2D eigenvalue weighted by molar-refractivity contribution is 0.0717. The number of carbonyl (C=O) groups excluding carboxylic acids is 1. The van der Waals surface area contributed by atoms with Crippen LogP contribution in [0.2, 0.25) is 0 Å². The van der Waals surface area contributed by atoms with Crippen molar-refractivity contribution in [3.63, 3.8) is 0 Å². The van der Waals surface area contributed by atoms with E-state index in [9.17, 15) is 14.3 Å². The monoisotopic (exact) mass is 442 g/mol. The van der Waals surface area contributed by atoms with E-state index in [1.54, 1.807) is 11.0 Å². The van der Waals surface area contributed by atoms with Crippen molar-refractivity contribution in [3.8, 4) is 17.2 Å². The lowest BCUT2D eigenvalue weighted by atomic mass is 9.82. The van der Waals surface area contributed by atoms with E-state index in [-0.39, 0.29) is 11.5 Å². The third kappa shape index (κ3) is 5.15.